The van der Waals surface area contributed by atoms with Gasteiger partial charge in [0.2, 0.25) is 0 Å². The molecule has 2 atom stereocenters. The number of thioether (sulfide) groups is 1. The van der Waals surface area contributed by atoms with Gasteiger partial charge in [0.05, 0.1) is 12.0 Å². The van der Waals surface area contributed by atoms with Crippen molar-refractivity contribution in [1.82, 2.24) is 4.90 Å². The predicted molar refractivity (Wildman–Crippen MR) is 112 cm³/mol. The largest absolute Gasteiger partial charge is 0.464 e. The van der Waals surface area contributed by atoms with Gasteiger partial charge < -0.3 is 10.1 Å². The van der Waals surface area contributed by atoms with Crippen LogP contribution >= 0.6 is 11.8 Å². The molecule has 0 spiro atoms. The molecule has 5 nitrogen and oxygen atoms in total. The van der Waals surface area contributed by atoms with Crippen molar-refractivity contribution in [1.29, 1.82) is 0 Å². The first-order valence-electron chi connectivity index (χ1n) is 9.78. The van der Waals surface area contributed by atoms with Gasteiger partial charge in [-0.05, 0) is 44.2 Å². The molecular weight excluding hydrogens is 360 g/mol. The number of esters is 1. The zero-order valence-electron chi connectivity index (χ0n) is 17.1. The summed E-state index contributed by atoms with van der Waals surface area (Å²) in [7, 11) is 0. The highest BCUT2D eigenvalue weighted by Gasteiger charge is 2.42. The topological polar surface area (TPSA) is 58.6 Å². The number of hydrogen-bond donors (Lipinski definition) is 1. The molecule has 2 unspecified atom stereocenters. The second kappa shape index (κ2) is 10.0. The maximum absolute atomic E-state index is 13.1. The van der Waals surface area contributed by atoms with E-state index in [4.69, 9.17) is 4.74 Å². The van der Waals surface area contributed by atoms with Gasteiger partial charge in [-0.15, -0.1) is 11.8 Å². The van der Waals surface area contributed by atoms with Gasteiger partial charge in [0, 0.05) is 11.4 Å². The summed E-state index contributed by atoms with van der Waals surface area (Å²) in [4.78, 5) is 27.3. The van der Waals surface area contributed by atoms with Crippen LogP contribution in [0.3, 0.4) is 0 Å². The maximum Gasteiger partial charge on any atom is 0.329 e. The van der Waals surface area contributed by atoms with Crippen molar-refractivity contribution >= 4 is 29.4 Å². The van der Waals surface area contributed by atoms with Crippen LogP contribution in [-0.2, 0) is 9.53 Å². The Morgan fingerprint density at radius 2 is 2.07 bits per heavy atom. The quantitative estimate of drug-likeness (QED) is 0.526. The van der Waals surface area contributed by atoms with E-state index in [-0.39, 0.29) is 17.4 Å². The van der Waals surface area contributed by atoms with Crippen LogP contribution in [-0.4, -0.2) is 40.7 Å². The molecule has 27 heavy (non-hydrogen) atoms. The van der Waals surface area contributed by atoms with E-state index in [1.807, 2.05) is 32.0 Å². The van der Waals surface area contributed by atoms with E-state index in [0.717, 1.165) is 36.1 Å². The summed E-state index contributed by atoms with van der Waals surface area (Å²) in [5.41, 5.74) is 2.94. The van der Waals surface area contributed by atoms with E-state index in [9.17, 15) is 9.59 Å². The molecule has 1 aromatic rings. The third-order valence-corrected chi connectivity index (χ3v) is 5.95. The minimum atomic E-state index is -0.527. The summed E-state index contributed by atoms with van der Waals surface area (Å²) in [5.74, 6) is 0.731. The molecule has 0 bridgehead atoms. The first-order valence-corrected chi connectivity index (χ1v) is 10.8. The van der Waals surface area contributed by atoms with Crippen LogP contribution in [0.25, 0.3) is 0 Å². The molecule has 2 amide bonds. The number of unbranched alkanes of at least 4 members (excludes halogenated alkanes) is 1. The Hall–Kier alpha value is -1.69. The summed E-state index contributed by atoms with van der Waals surface area (Å²) in [6.07, 6.45) is 2.67. The number of anilines is 1. The smallest absolute Gasteiger partial charge is 0.329 e. The summed E-state index contributed by atoms with van der Waals surface area (Å²) >= 11 is 1.66. The number of nitrogens with one attached hydrogen (secondary N) is 1. The van der Waals surface area contributed by atoms with Crippen LogP contribution in [0.15, 0.2) is 18.2 Å². The molecule has 6 heteroatoms. The van der Waals surface area contributed by atoms with Crippen LogP contribution < -0.4 is 5.32 Å². The van der Waals surface area contributed by atoms with Crippen molar-refractivity contribution in [2.24, 2.45) is 5.92 Å². The van der Waals surface area contributed by atoms with Crippen LogP contribution in [0.2, 0.25) is 0 Å². The van der Waals surface area contributed by atoms with Crippen LogP contribution in [0, 0.1) is 19.8 Å². The summed E-state index contributed by atoms with van der Waals surface area (Å²) in [6.45, 7) is 10.7. The fraction of sp³-hybridized carbons (Fsp3) is 0.619. The number of amides is 2. The lowest BCUT2D eigenvalue weighted by atomic mass is 10.1. The lowest BCUT2D eigenvalue weighted by Crippen LogP contribution is -2.48. The SMILES string of the molecule is CCCCOC(=O)C1CSC(CC(C)C)N1C(=O)Nc1ccc(C)cc1C. The number of carbonyl (C=O) groups is 2. The first-order chi connectivity index (χ1) is 12.8. The zero-order chi connectivity index (χ0) is 20.0. The zero-order valence-corrected chi connectivity index (χ0v) is 17.9. The van der Waals surface area contributed by atoms with Gasteiger partial charge in [0.1, 0.15) is 6.04 Å². The maximum atomic E-state index is 13.1. The molecule has 1 heterocycles. The summed E-state index contributed by atoms with van der Waals surface area (Å²) in [6, 6.07) is 5.17. The Morgan fingerprint density at radius 3 is 2.70 bits per heavy atom. The van der Waals surface area contributed by atoms with Gasteiger partial charge in [-0.2, -0.15) is 0 Å². The normalized spacial score (nSPS) is 19.4. The van der Waals surface area contributed by atoms with E-state index < -0.39 is 6.04 Å². The summed E-state index contributed by atoms with van der Waals surface area (Å²) < 4.78 is 5.42. The Labute approximate surface area is 167 Å². The van der Waals surface area contributed by atoms with Crippen LogP contribution in [0.4, 0.5) is 10.5 Å². The number of aryl methyl sites for hydroxylation is 2. The van der Waals surface area contributed by atoms with Gasteiger partial charge in [0.25, 0.3) is 0 Å². The highest BCUT2D eigenvalue weighted by molar-refractivity contribution is 8.00. The van der Waals surface area contributed by atoms with Crippen molar-refractivity contribution in [3.8, 4) is 0 Å². The fourth-order valence-electron chi connectivity index (χ4n) is 3.15. The first kappa shape index (κ1) is 21.6. The molecule has 1 saturated heterocycles. The van der Waals surface area contributed by atoms with Crippen LogP contribution in [0.5, 0.6) is 0 Å². The summed E-state index contributed by atoms with van der Waals surface area (Å²) in [5, 5.41) is 2.99. The van der Waals surface area contributed by atoms with E-state index in [2.05, 4.69) is 26.1 Å². The second-order valence-corrected chi connectivity index (χ2v) is 8.82. The molecule has 0 aromatic heterocycles. The number of benzene rings is 1. The van der Waals surface area contributed by atoms with Gasteiger partial charge in [-0.25, -0.2) is 9.59 Å². The minimum absolute atomic E-state index is 0.0144. The van der Waals surface area contributed by atoms with Gasteiger partial charge >= 0.3 is 12.0 Å². The van der Waals surface area contributed by atoms with E-state index in [1.54, 1.807) is 16.7 Å². The van der Waals surface area contributed by atoms with E-state index in [1.165, 1.54) is 0 Å². The molecule has 2 rings (SSSR count). The number of nitrogens with zero attached hydrogens (tertiary/aromatic N) is 1. The van der Waals surface area contributed by atoms with Gasteiger partial charge in [0.15, 0.2) is 0 Å². The number of carbonyl (C=O) groups excluding carboxylic acids is 2. The average molecular weight is 393 g/mol. The molecule has 0 radical (unpaired) electrons. The van der Waals surface area contributed by atoms with Crippen molar-refractivity contribution in [2.75, 3.05) is 17.7 Å². The third-order valence-electron chi connectivity index (χ3n) is 4.64. The van der Waals surface area contributed by atoms with E-state index >= 15 is 0 Å². The number of rotatable bonds is 7. The molecule has 1 aliphatic heterocycles. The van der Waals surface area contributed by atoms with Crippen molar-refractivity contribution in [3.05, 3.63) is 29.3 Å². The monoisotopic (exact) mass is 392 g/mol. The fourth-order valence-corrected chi connectivity index (χ4v) is 4.77. The molecule has 150 valence electrons. The predicted octanol–water partition coefficient (Wildman–Crippen LogP) is 4.97. The standard InChI is InChI=1S/C21H32N2O3S/c1-6-7-10-26-20(24)18-13-27-19(11-14(2)3)23(18)21(25)22-17-9-8-15(4)12-16(17)5/h8-9,12,14,18-19H,6-7,10-11,13H2,1-5H3,(H,22,25). The lowest BCUT2D eigenvalue weighted by molar-refractivity contribution is -0.148. The lowest BCUT2D eigenvalue weighted by Gasteiger charge is -2.29. The number of hydrogen-bond acceptors (Lipinski definition) is 4. The molecule has 1 fully saturated rings. The molecule has 1 aliphatic rings. The highest BCUT2D eigenvalue weighted by atomic mass is 32.2. The Balaban J connectivity index is 2.15. The number of urea groups is 1. The Morgan fingerprint density at radius 1 is 1.33 bits per heavy atom. The Kier molecular flexibility index (Phi) is 8.02. The molecule has 0 saturated carbocycles. The Bertz CT molecular complexity index is 663. The van der Waals surface area contributed by atoms with Crippen LogP contribution in [0.1, 0.15) is 51.2 Å². The number of ether oxygens (including phenoxy) is 1. The average Bonchev–Trinajstić information content (AvgIpc) is 3.00. The van der Waals surface area contributed by atoms with Crippen molar-refractivity contribution in [2.45, 2.75) is 65.3 Å². The second-order valence-electron chi connectivity index (χ2n) is 7.61. The highest BCUT2D eigenvalue weighted by Crippen LogP contribution is 2.34. The molecule has 1 aromatic carbocycles. The van der Waals surface area contributed by atoms with E-state index in [0.29, 0.717) is 18.3 Å². The van der Waals surface area contributed by atoms with Gasteiger partial charge in [-0.1, -0.05) is 44.9 Å². The van der Waals surface area contributed by atoms with Gasteiger partial charge in [-0.3, -0.25) is 4.90 Å². The molecular formula is C21H32N2O3S. The minimum Gasteiger partial charge on any atom is -0.464 e. The van der Waals surface area contributed by atoms with Crippen molar-refractivity contribution in [3.63, 3.8) is 0 Å². The molecule has 0 aliphatic carbocycles. The van der Waals surface area contributed by atoms with Crippen molar-refractivity contribution < 1.29 is 14.3 Å². The molecule has 1 N–H and O–H groups in total. The third kappa shape index (κ3) is 5.89.